The Morgan fingerprint density at radius 1 is 0.931 bits per heavy atom. The van der Waals surface area contributed by atoms with E-state index in [-0.39, 0.29) is 6.10 Å². The number of nitrogens with zero attached hydrogens (tertiary/aromatic N) is 3. The van der Waals surface area contributed by atoms with E-state index in [2.05, 4.69) is 49.8 Å². The zero-order valence-electron chi connectivity index (χ0n) is 16.9. The standard InChI is InChI=1S/C23H27N5O/c1-17(2)29-21-8-4-3-7-20(21)26-23-24-14-13-22(27-23)25-18-9-11-19(12-10-18)28-15-5-6-16-28/h3-4,7-14,17H,5-6,15-16H2,1-2H3,(H2,24,25,26,27). The first-order valence-corrected chi connectivity index (χ1v) is 10.2. The molecule has 1 aliphatic heterocycles. The van der Waals surface area contributed by atoms with E-state index in [0.717, 1.165) is 36.0 Å². The number of aromatic nitrogens is 2. The van der Waals surface area contributed by atoms with Crippen molar-refractivity contribution in [3.05, 3.63) is 60.8 Å². The van der Waals surface area contributed by atoms with Crippen molar-refractivity contribution >= 4 is 28.8 Å². The highest BCUT2D eigenvalue weighted by Crippen LogP contribution is 2.28. The second-order valence-corrected chi connectivity index (χ2v) is 7.42. The summed E-state index contributed by atoms with van der Waals surface area (Å²) in [5.41, 5.74) is 3.12. The summed E-state index contributed by atoms with van der Waals surface area (Å²) in [5, 5.41) is 6.61. The minimum Gasteiger partial charge on any atom is -0.489 e. The van der Waals surface area contributed by atoms with Crippen LogP contribution in [0, 0.1) is 0 Å². The van der Waals surface area contributed by atoms with Crippen molar-refractivity contribution in [3.8, 4) is 5.75 Å². The molecule has 0 spiro atoms. The Labute approximate surface area is 172 Å². The lowest BCUT2D eigenvalue weighted by Crippen LogP contribution is -2.17. The third kappa shape index (κ3) is 4.96. The SMILES string of the molecule is CC(C)Oc1ccccc1Nc1nccc(Nc2ccc(N3CCCC3)cc2)n1. The lowest BCUT2D eigenvalue weighted by molar-refractivity contribution is 0.244. The minimum absolute atomic E-state index is 0.0930. The van der Waals surface area contributed by atoms with Crippen LogP contribution in [0.5, 0.6) is 5.75 Å². The van der Waals surface area contributed by atoms with E-state index in [0.29, 0.717) is 5.95 Å². The molecule has 0 unspecified atom stereocenters. The van der Waals surface area contributed by atoms with Gasteiger partial charge in [0.25, 0.3) is 0 Å². The maximum Gasteiger partial charge on any atom is 0.229 e. The van der Waals surface area contributed by atoms with Gasteiger partial charge >= 0.3 is 0 Å². The topological polar surface area (TPSA) is 62.3 Å². The van der Waals surface area contributed by atoms with Gasteiger partial charge < -0.3 is 20.3 Å². The van der Waals surface area contributed by atoms with Crippen molar-refractivity contribution < 1.29 is 4.74 Å². The van der Waals surface area contributed by atoms with Crippen LogP contribution >= 0.6 is 0 Å². The number of hydrogen-bond donors (Lipinski definition) is 2. The Morgan fingerprint density at radius 2 is 1.69 bits per heavy atom. The Balaban J connectivity index is 1.45. The van der Waals surface area contributed by atoms with E-state index >= 15 is 0 Å². The van der Waals surface area contributed by atoms with Gasteiger partial charge in [-0.05, 0) is 69.2 Å². The van der Waals surface area contributed by atoms with Crippen LogP contribution in [0.25, 0.3) is 0 Å². The molecule has 3 aromatic rings. The normalized spacial score (nSPS) is 13.6. The molecule has 6 nitrogen and oxygen atoms in total. The molecule has 1 fully saturated rings. The molecule has 1 aromatic heterocycles. The molecular weight excluding hydrogens is 362 g/mol. The number of para-hydroxylation sites is 2. The summed E-state index contributed by atoms with van der Waals surface area (Å²) in [6, 6.07) is 18.2. The molecule has 0 atom stereocenters. The zero-order valence-corrected chi connectivity index (χ0v) is 16.9. The first kappa shape index (κ1) is 19.1. The van der Waals surface area contributed by atoms with Crippen LogP contribution in [0.4, 0.5) is 28.8 Å². The van der Waals surface area contributed by atoms with Crippen LogP contribution in [0.2, 0.25) is 0 Å². The van der Waals surface area contributed by atoms with Gasteiger partial charge in [-0.15, -0.1) is 0 Å². The molecule has 2 N–H and O–H groups in total. The third-order valence-electron chi connectivity index (χ3n) is 4.76. The summed E-state index contributed by atoms with van der Waals surface area (Å²) < 4.78 is 5.86. The number of benzene rings is 2. The summed E-state index contributed by atoms with van der Waals surface area (Å²) in [5.74, 6) is 2.03. The maximum absolute atomic E-state index is 5.86. The highest BCUT2D eigenvalue weighted by molar-refractivity contribution is 5.65. The lowest BCUT2D eigenvalue weighted by atomic mass is 10.2. The lowest BCUT2D eigenvalue weighted by Gasteiger charge is -2.18. The van der Waals surface area contributed by atoms with Crippen LogP contribution in [-0.2, 0) is 0 Å². The molecule has 150 valence electrons. The molecule has 1 saturated heterocycles. The van der Waals surface area contributed by atoms with E-state index in [1.807, 2.05) is 44.2 Å². The molecule has 1 aliphatic rings. The van der Waals surface area contributed by atoms with Crippen LogP contribution in [-0.4, -0.2) is 29.2 Å². The molecule has 6 heteroatoms. The number of rotatable bonds is 7. The molecule has 2 aromatic carbocycles. The fourth-order valence-corrected chi connectivity index (χ4v) is 3.41. The molecule has 0 aliphatic carbocycles. The van der Waals surface area contributed by atoms with Gasteiger partial charge in [-0.3, -0.25) is 0 Å². The first-order chi connectivity index (χ1) is 14.2. The second-order valence-electron chi connectivity index (χ2n) is 7.42. The van der Waals surface area contributed by atoms with Crippen molar-refractivity contribution in [1.82, 2.24) is 9.97 Å². The molecule has 0 saturated carbocycles. The summed E-state index contributed by atoms with van der Waals surface area (Å²) in [7, 11) is 0. The van der Waals surface area contributed by atoms with E-state index in [9.17, 15) is 0 Å². The summed E-state index contributed by atoms with van der Waals surface area (Å²) >= 11 is 0. The van der Waals surface area contributed by atoms with E-state index in [1.165, 1.54) is 18.5 Å². The fourth-order valence-electron chi connectivity index (χ4n) is 3.41. The Bertz CT molecular complexity index is 936. The van der Waals surface area contributed by atoms with Crippen molar-refractivity contribution in [2.75, 3.05) is 28.6 Å². The average molecular weight is 390 g/mol. The summed E-state index contributed by atoms with van der Waals surface area (Å²) in [6.07, 6.45) is 4.39. The molecule has 2 heterocycles. The minimum atomic E-state index is 0.0930. The predicted molar refractivity (Wildman–Crippen MR) is 119 cm³/mol. The summed E-state index contributed by atoms with van der Waals surface area (Å²) in [4.78, 5) is 11.3. The molecule has 0 amide bonds. The van der Waals surface area contributed by atoms with Gasteiger partial charge in [-0.25, -0.2) is 4.98 Å². The number of hydrogen-bond acceptors (Lipinski definition) is 6. The molecular formula is C23H27N5O. The Morgan fingerprint density at radius 3 is 2.45 bits per heavy atom. The smallest absolute Gasteiger partial charge is 0.229 e. The average Bonchev–Trinajstić information content (AvgIpc) is 3.25. The second kappa shape index (κ2) is 8.82. The number of anilines is 5. The third-order valence-corrected chi connectivity index (χ3v) is 4.76. The monoisotopic (exact) mass is 389 g/mol. The molecule has 0 bridgehead atoms. The van der Waals surface area contributed by atoms with Gasteiger partial charge in [-0.1, -0.05) is 12.1 Å². The van der Waals surface area contributed by atoms with E-state index < -0.39 is 0 Å². The van der Waals surface area contributed by atoms with Crippen molar-refractivity contribution in [2.24, 2.45) is 0 Å². The maximum atomic E-state index is 5.86. The van der Waals surface area contributed by atoms with Gasteiger partial charge in [0, 0.05) is 30.7 Å². The van der Waals surface area contributed by atoms with Gasteiger partial charge in [0.2, 0.25) is 5.95 Å². The van der Waals surface area contributed by atoms with Crippen LogP contribution in [0.15, 0.2) is 60.8 Å². The zero-order chi connectivity index (χ0) is 20.1. The number of nitrogens with one attached hydrogen (secondary N) is 2. The molecule has 29 heavy (non-hydrogen) atoms. The fraction of sp³-hybridized carbons (Fsp3) is 0.304. The number of ether oxygens (including phenoxy) is 1. The van der Waals surface area contributed by atoms with Crippen molar-refractivity contribution in [3.63, 3.8) is 0 Å². The quantitative estimate of drug-likeness (QED) is 0.568. The predicted octanol–water partition coefficient (Wildman–Crippen LogP) is 5.35. The Kier molecular flexibility index (Phi) is 5.79. The van der Waals surface area contributed by atoms with Crippen LogP contribution in [0.3, 0.4) is 0 Å². The molecule has 0 radical (unpaired) electrons. The Hall–Kier alpha value is -3.28. The van der Waals surface area contributed by atoms with Gasteiger partial charge in [-0.2, -0.15) is 4.98 Å². The first-order valence-electron chi connectivity index (χ1n) is 10.2. The van der Waals surface area contributed by atoms with E-state index in [1.54, 1.807) is 6.20 Å². The highest BCUT2D eigenvalue weighted by atomic mass is 16.5. The van der Waals surface area contributed by atoms with Gasteiger partial charge in [0.05, 0.1) is 11.8 Å². The highest BCUT2D eigenvalue weighted by Gasteiger charge is 2.12. The van der Waals surface area contributed by atoms with Gasteiger partial charge in [0.1, 0.15) is 11.6 Å². The van der Waals surface area contributed by atoms with E-state index in [4.69, 9.17) is 4.74 Å². The summed E-state index contributed by atoms with van der Waals surface area (Å²) in [6.45, 7) is 6.31. The molecule has 4 rings (SSSR count). The van der Waals surface area contributed by atoms with Crippen molar-refractivity contribution in [1.29, 1.82) is 0 Å². The van der Waals surface area contributed by atoms with Gasteiger partial charge in [0.15, 0.2) is 0 Å². The van der Waals surface area contributed by atoms with Crippen molar-refractivity contribution in [2.45, 2.75) is 32.8 Å². The van der Waals surface area contributed by atoms with Crippen LogP contribution < -0.4 is 20.3 Å². The van der Waals surface area contributed by atoms with Crippen LogP contribution in [0.1, 0.15) is 26.7 Å². The largest absolute Gasteiger partial charge is 0.489 e.